The average Bonchev–Trinajstić information content (AvgIpc) is 2.49. The minimum Gasteiger partial charge on any atom is -0.507 e. The molecule has 7 heteroatoms. The zero-order valence-electron chi connectivity index (χ0n) is 11.2. The summed E-state index contributed by atoms with van der Waals surface area (Å²) in [6.07, 6.45) is 1.54. The smallest absolute Gasteiger partial charge is 0.271 e. The van der Waals surface area contributed by atoms with Crippen LogP contribution in [-0.2, 0) is 0 Å². The quantitative estimate of drug-likeness (QED) is 0.661. The van der Waals surface area contributed by atoms with Crippen LogP contribution >= 0.6 is 11.6 Å². The maximum Gasteiger partial charge on any atom is 0.271 e. The standard InChI is InChI=1S/C15H11ClN2O4/c1-2-9-3-6-14(19)11(7-9)15(20)17-13-5-4-10(18(21)22)8-12(13)16/h2-8,19H,1H2,(H,17,20). The molecule has 0 saturated carbocycles. The minimum absolute atomic E-state index is 0.0296. The minimum atomic E-state index is -0.586. The van der Waals surface area contributed by atoms with Gasteiger partial charge >= 0.3 is 0 Å². The summed E-state index contributed by atoms with van der Waals surface area (Å²) in [5.41, 5.74) is 0.740. The molecule has 2 aromatic rings. The van der Waals surface area contributed by atoms with E-state index in [1.165, 1.54) is 30.3 Å². The van der Waals surface area contributed by atoms with Crippen LogP contribution in [0.15, 0.2) is 43.0 Å². The van der Waals surface area contributed by atoms with Gasteiger partial charge in [0.05, 0.1) is 21.2 Å². The van der Waals surface area contributed by atoms with Gasteiger partial charge in [0, 0.05) is 12.1 Å². The number of amides is 1. The summed E-state index contributed by atoms with van der Waals surface area (Å²) < 4.78 is 0. The van der Waals surface area contributed by atoms with Crippen LogP contribution in [0, 0.1) is 10.1 Å². The Balaban J connectivity index is 2.29. The van der Waals surface area contributed by atoms with Gasteiger partial charge in [0.2, 0.25) is 0 Å². The van der Waals surface area contributed by atoms with Gasteiger partial charge in [-0.25, -0.2) is 0 Å². The molecule has 0 heterocycles. The number of aromatic hydroxyl groups is 1. The largest absolute Gasteiger partial charge is 0.507 e. The fourth-order valence-electron chi connectivity index (χ4n) is 1.77. The molecule has 0 unspecified atom stereocenters. The van der Waals surface area contributed by atoms with Gasteiger partial charge < -0.3 is 10.4 Å². The predicted octanol–water partition coefficient (Wildman–Crippen LogP) is 3.85. The molecule has 22 heavy (non-hydrogen) atoms. The number of nitrogens with one attached hydrogen (secondary N) is 1. The lowest BCUT2D eigenvalue weighted by atomic mass is 10.1. The molecular weight excluding hydrogens is 308 g/mol. The van der Waals surface area contributed by atoms with E-state index in [0.29, 0.717) is 5.56 Å². The van der Waals surface area contributed by atoms with Gasteiger partial charge in [-0.3, -0.25) is 14.9 Å². The number of nitro benzene ring substituents is 1. The molecule has 0 aliphatic rings. The molecule has 0 bridgehead atoms. The predicted molar refractivity (Wildman–Crippen MR) is 84.3 cm³/mol. The van der Waals surface area contributed by atoms with E-state index in [-0.39, 0.29) is 27.7 Å². The second kappa shape index (κ2) is 6.28. The van der Waals surface area contributed by atoms with Crippen LogP contribution in [0.25, 0.3) is 6.08 Å². The van der Waals surface area contributed by atoms with Crippen LogP contribution in [0.3, 0.4) is 0 Å². The lowest BCUT2D eigenvalue weighted by Crippen LogP contribution is -2.12. The number of phenols is 1. The van der Waals surface area contributed by atoms with Gasteiger partial charge in [-0.1, -0.05) is 30.3 Å². The number of rotatable bonds is 4. The summed E-state index contributed by atoms with van der Waals surface area (Å²) >= 11 is 5.91. The number of halogens is 1. The van der Waals surface area contributed by atoms with Gasteiger partial charge in [0.25, 0.3) is 11.6 Å². The third-order valence-corrected chi connectivity index (χ3v) is 3.23. The number of nitro groups is 1. The van der Waals surface area contributed by atoms with E-state index in [0.717, 1.165) is 6.07 Å². The van der Waals surface area contributed by atoms with Crippen molar-refractivity contribution in [3.8, 4) is 5.75 Å². The highest BCUT2D eigenvalue weighted by Crippen LogP contribution is 2.28. The monoisotopic (exact) mass is 318 g/mol. The third-order valence-electron chi connectivity index (χ3n) is 2.91. The van der Waals surface area contributed by atoms with Gasteiger partial charge in [-0.15, -0.1) is 0 Å². The van der Waals surface area contributed by atoms with Gasteiger partial charge in [-0.2, -0.15) is 0 Å². The highest BCUT2D eigenvalue weighted by molar-refractivity contribution is 6.34. The zero-order valence-corrected chi connectivity index (χ0v) is 12.0. The van der Waals surface area contributed by atoms with Crippen LogP contribution in [0.4, 0.5) is 11.4 Å². The van der Waals surface area contributed by atoms with Crippen molar-refractivity contribution < 1.29 is 14.8 Å². The molecule has 0 fully saturated rings. The lowest BCUT2D eigenvalue weighted by molar-refractivity contribution is -0.384. The highest BCUT2D eigenvalue weighted by Gasteiger charge is 2.15. The Hall–Kier alpha value is -2.86. The number of anilines is 1. The molecular formula is C15H11ClN2O4. The second-order valence-corrected chi connectivity index (χ2v) is 4.76. The molecule has 0 saturated heterocycles. The van der Waals surface area contributed by atoms with Crippen molar-refractivity contribution in [3.63, 3.8) is 0 Å². The van der Waals surface area contributed by atoms with E-state index in [4.69, 9.17) is 11.6 Å². The van der Waals surface area contributed by atoms with Crippen molar-refractivity contribution in [2.45, 2.75) is 0 Å². The summed E-state index contributed by atoms with van der Waals surface area (Å²) in [5.74, 6) is -0.780. The molecule has 2 rings (SSSR count). The van der Waals surface area contributed by atoms with Crippen LogP contribution in [0.1, 0.15) is 15.9 Å². The topological polar surface area (TPSA) is 92.5 Å². The number of non-ortho nitro benzene ring substituents is 1. The maximum absolute atomic E-state index is 12.2. The first kappa shape index (κ1) is 15.5. The molecule has 0 aliphatic heterocycles. The summed E-state index contributed by atoms with van der Waals surface area (Å²) in [7, 11) is 0. The van der Waals surface area contributed by atoms with E-state index < -0.39 is 10.8 Å². The second-order valence-electron chi connectivity index (χ2n) is 4.36. The molecule has 1 amide bonds. The molecule has 0 aliphatic carbocycles. The molecule has 2 N–H and O–H groups in total. The number of phenolic OH excluding ortho intramolecular Hbond substituents is 1. The zero-order chi connectivity index (χ0) is 16.3. The number of carbonyl (C=O) groups is 1. The number of nitrogens with zero attached hydrogens (tertiary/aromatic N) is 1. The molecule has 0 spiro atoms. The first-order valence-corrected chi connectivity index (χ1v) is 6.51. The summed E-state index contributed by atoms with van der Waals surface area (Å²) in [6, 6.07) is 8.14. The molecule has 6 nitrogen and oxygen atoms in total. The van der Waals surface area contributed by atoms with Gasteiger partial charge in [-0.05, 0) is 23.8 Å². The van der Waals surface area contributed by atoms with E-state index in [1.807, 2.05) is 0 Å². The molecule has 112 valence electrons. The van der Waals surface area contributed by atoms with Crippen molar-refractivity contribution >= 4 is 35.0 Å². The maximum atomic E-state index is 12.2. The fourth-order valence-corrected chi connectivity index (χ4v) is 1.99. The van der Waals surface area contributed by atoms with Crippen LogP contribution < -0.4 is 5.32 Å². The Morgan fingerprint density at radius 2 is 2.05 bits per heavy atom. The van der Waals surface area contributed by atoms with E-state index in [2.05, 4.69) is 11.9 Å². The normalized spacial score (nSPS) is 10.0. The average molecular weight is 319 g/mol. The molecule has 0 atom stereocenters. The van der Waals surface area contributed by atoms with Gasteiger partial charge in [0.15, 0.2) is 0 Å². The number of hydrogen-bond acceptors (Lipinski definition) is 4. The van der Waals surface area contributed by atoms with Crippen molar-refractivity contribution in [1.29, 1.82) is 0 Å². The summed E-state index contributed by atoms with van der Waals surface area (Å²) in [5, 5.41) is 22.9. The van der Waals surface area contributed by atoms with Crippen LogP contribution in [0.2, 0.25) is 5.02 Å². The summed E-state index contributed by atoms with van der Waals surface area (Å²) in [6.45, 7) is 3.59. The third kappa shape index (κ3) is 3.24. The number of carbonyl (C=O) groups excluding carboxylic acids is 1. The van der Waals surface area contributed by atoms with Crippen molar-refractivity contribution in [2.24, 2.45) is 0 Å². The first-order chi connectivity index (χ1) is 10.4. The molecule has 0 aromatic heterocycles. The van der Waals surface area contributed by atoms with Crippen molar-refractivity contribution in [2.75, 3.05) is 5.32 Å². The SMILES string of the molecule is C=Cc1ccc(O)c(C(=O)Nc2ccc([N+](=O)[O-])cc2Cl)c1. The van der Waals surface area contributed by atoms with E-state index >= 15 is 0 Å². The van der Waals surface area contributed by atoms with E-state index in [1.54, 1.807) is 6.07 Å². The van der Waals surface area contributed by atoms with E-state index in [9.17, 15) is 20.0 Å². The van der Waals surface area contributed by atoms with Crippen LogP contribution in [0.5, 0.6) is 5.75 Å². The Labute approximate surface area is 130 Å². The molecule has 2 aromatic carbocycles. The lowest BCUT2D eigenvalue weighted by Gasteiger charge is -2.09. The highest BCUT2D eigenvalue weighted by atomic mass is 35.5. The number of hydrogen-bond donors (Lipinski definition) is 2. The summed E-state index contributed by atoms with van der Waals surface area (Å²) in [4.78, 5) is 22.2. The van der Waals surface area contributed by atoms with Crippen molar-refractivity contribution in [3.05, 3.63) is 69.2 Å². The fraction of sp³-hybridized carbons (Fsp3) is 0. The Morgan fingerprint density at radius 3 is 2.64 bits per heavy atom. The first-order valence-electron chi connectivity index (χ1n) is 6.13. The Kier molecular flexibility index (Phi) is 4.43. The van der Waals surface area contributed by atoms with Crippen molar-refractivity contribution in [1.82, 2.24) is 0 Å². The Morgan fingerprint density at radius 1 is 1.32 bits per heavy atom. The van der Waals surface area contributed by atoms with Crippen LogP contribution in [-0.4, -0.2) is 15.9 Å². The number of benzene rings is 2. The molecule has 0 radical (unpaired) electrons. The Bertz CT molecular complexity index is 774. The van der Waals surface area contributed by atoms with Gasteiger partial charge in [0.1, 0.15) is 5.75 Å².